The highest BCUT2D eigenvalue weighted by atomic mass is 16.2. The topological polar surface area (TPSA) is 64.7 Å². The molecule has 6 nitrogen and oxygen atoms in total. The van der Waals surface area contributed by atoms with Crippen LogP contribution in [0, 0.1) is 11.3 Å². The Balaban J connectivity index is 1.45. The maximum absolute atomic E-state index is 12.5. The van der Waals surface area contributed by atoms with Crippen molar-refractivity contribution in [3.8, 4) is 0 Å². The Morgan fingerprint density at radius 1 is 0.875 bits per heavy atom. The smallest absolute Gasteiger partial charge is 0.321 e. The summed E-state index contributed by atoms with van der Waals surface area (Å²) in [5, 5.41) is 5.96. The first-order valence-electron chi connectivity index (χ1n) is 11.5. The number of carbonyl (C=O) groups excluding carboxylic acids is 2. The van der Waals surface area contributed by atoms with Crippen molar-refractivity contribution in [3.05, 3.63) is 54.6 Å². The van der Waals surface area contributed by atoms with Gasteiger partial charge in [0, 0.05) is 49.7 Å². The van der Waals surface area contributed by atoms with Crippen LogP contribution >= 0.6 is 0 Å². The monoisotopic (exact) mass is 436 g/mol. The van der Waals surface area contributed by atoms with Crippen molar-refractivity contribution in [2.45, 2.75) is 40.5 Å². The molecule has 32 heavy (non-hydrogen) atoms. The predicted molar refractivity (Wildman–Crippen MR) is 132 cm³/mol. The zero-order valence-corrected chi connectivity index (χ0v) is 19.7. The van der Waals surface area contributed by atoms with E-state index in [2.05, 4.69) is 43.2 Å². The fraction of sp³-hybridized carbons (Fsp3) is 0.462. The van der Waals surface area contributed by atoms with E-state index in [9.17, 15) is 9.59 Å². The summed E-state index contributed by atoms with van der Waals surface area (Å²) in [6.45, 7) is 11.6. The molecule has 6 heteroatoms. The Morgan fingerprint density at radius 3 is 2.06 bits per heavy atom. The molecule has 2 aromatic carbocycles. The minimum atomic E-state index is -0.0606. The lowest BCUT2D eigenvalue weighted by Crippen LogP contribution is -2.50. The standard InChI is InChI=1S/C26H36N4O2/c1-20(19-26(2,3)4)18-24(31)27-22-10-12-23(13-11-22)29-14-16-30(17-15-29)25(32)28-21-8-6-5-7-9-21/h5-13,20H,14-19H2,1-4H3,(H,27,31)(H,28,32). The summed E-state index contributed by atoms with van der Waals surface area (Å²) in [5.74, 6) is 0.414. The minimum Gasteiger partial charge on any atom is -0.368 e. The Morgan fingerprint density at radius 2 is 1.47 bits per heavy atom. The number of amides is 3. The van der Waals surface area contributed by atoms with Crippen LogP contribution in [0.25, 0.3) is 0 Å². The maximum atomic E-state index is 12.5. The average molecular weight is 437 g/mol. The van der Waals surface area contributed by atoms with Crippen molar-refractivity contribution >= 4 is 29.0 Å². The Bertz CT molecular complexity index is 882. The molecule has 0 radical (unpaired) electrons. The number of carbonyl (C=O) groups is 2. The van der Waals surface area contributed by atoms with Gasteiger partial charge in [-0.05, 0) is 54.2 Å². The molecular weight excluding hydrogens is 400 g/mol. The molecule has 2 aromatic rings. The molecule has 172 valence electrons. The van der Waals surface area contributed by atoms with Gasteiger partial charge in [-0.25, -0.2) is 4.79 Å². The highest BCUT2D eigenvalue weighted by Gasteiger charge is 2.22. The molecule has 2 N–H and O–H groups in total. The maximum Gasteiger partial charge on any atom is 0.321 e. The largest absolute Gasteiger partial charge is 0.368 e. The van der Waals surface area contributed by atoms with Gasteiger partial charge in [0.05, 0.1) is 0 Å². The van der Waals surface area contributed by atoms with Gasteiger partial charge >= 0.3 is 6.03 Å². The number of hydrogen-bond acceptors (Lipinski definition) is 3. The molecule has 1 unspecified atom stereocenters. The fourth-order valence-electron chi connectivity index (χ4n) is 4.29. The van der Waals surface area contributed by atoms with Crippen molar-refractivity contribution in [1.82, 2.24) is 4.90 Å². The Hall–Kier alpha value is -3.02. The van der Waals surface area contributed by atoms with Gasteiger partial charge in [-0.3, -0.25) is 4.79 Å². The molecule has 1 aliphatic heterocycles. The quantitative estimate of drug-likeness (QED) is 0.634. The van der Waals surface area contributed by atoms with Crippen LogP contribution in [-0.4, -0.2) is 43.0 Å². The third-order valence-corrected chi connectivity index (χ3v) is 5.60. The Labute approximate surface area is 192 Å². The molecule has 1 heterocycles. The predicted octanol–water partition coefficient (Wildman–Crippen LogP) is 5.44. The SMILES string of the molecule is CC(CC(=O)Nc1ccc(N2CCN(C(=O)Nc3ccccc3)CC2)cc1)CC(C)(C)C. The molecule has 3 rings (SSSR count). The zero-order valence-electron chi connectivity index (χ0n) is 19.7. The van der Waals surface area contributed by atoms with Crippen LogP contribution in [0.3, 0.4) is 0 Å². The van der Waals surface area contributed by atoms with Crippen molar-refractivity contribution in [3.63, 3.8) is 0 Å². The number of hydrogen-bond donors (Lipinski definition) is 2. The number of nitrogens with one attached hydrogen (secondary N) is 2. The normalized spacial score (nSPS) is 15.2. The van der Waals surface area contributed by atoms with Crippen molar-refractivity contribution in [2.24, 2.45) is 11.3 Å². The van der Waals surface area contributed by atoms with Crippen LogP contribution in [0.5, 0.6) is 0 Å². The molecule has 0 saturated carbocycles. The van der Waals surface area contributed by atoms with E-state index < -0.39 is 0 Å². The first-order chi connectivity index (χ1) is 15.2. The van der Waals surface area contributed by atoms with E-state index in [0.29, 0.717) is 25.4 Å². The summed E-state index contributed by atoms with van der Waals surface area (Å²) < 4.78 is 0. The van der Waals surface area contributed by atoms with E-state index in [1.165, 1.54) is 0 Å². The number of para-hydroxylation sites is 1. The minimum absolute atomic E-state index is 0.0606. The van der Waals surface area contributed by atoms with E-state index in [4.69, 9.17) is 0 Å². The van der Waals surface area contributed by atoms with Crippen LogP contribution in [0.2, 0.25) is 0 Å². The number of piperazine rings is 1. The molecule has 1 saturated heterocycles. The van der Waals surface area contributed by atoms with E-state index in [1.54, 1.807) is 0 Å². The Kier molecular flexibility index (Phi) is 7.78. The second kappa shape index (κ2) is 10.5. The summed E-state index contributed by atoms with van der Waals surface area (Å²) >= 11 is 0. The van der Waals surface area contributed by atoms with Crippen LogP contribution in [0.15, 0.2) is 54.6 Å². The summed E-state index contributed by atoms with van der Waals surface area (Å²) in [4.78, 5) is 28.9. The second-order valence-electron chi connectivity index (χ2n) is 9.94. The van der Waals surface area contributed by atoms with E-state index in [1.807, 2.05) is 59.5 Å². The lowest BCUT2D eigenvalue weighted by molar-refractivity contribution is -0.117. The van der Waals surface area contributed by atoms with Gasteiger partial charge in [0.25, 0.3) is 0 Å². The number of benzene rings is 2. The highest BCUT2D eigenvalue weighted by molar-refractivity contribution is 5.91. The highest BCUT2D eigenvalue weighted by Crippen LogP contribution is 2.26. The van der Waals surface area contributed by atoms with Gasteiger partial charge < -0.3 is 20.4 Å². The molecular formula is C26H36N4O2. The summed E-state index contributed by atoms with van der Waals surface area (Å²) in [7, 11) is 0. The first-order valence-corrected chi connectivity index (χ1v) is 11.5. The fourth-order valence-corrected chi connectivity index (χ4v) is 4.29. The number of rotatable bonds is 6. The van der Waals surface area contributed by atoms with E-state index >= 15 is 0 Å². The van der Waals surface area contributed by atoms with Gasteiger partial charge in [0.15, 0.2) is 0 Å². The van der Waals surface area contributed by atoms with E-state index in [-0.39, 0.29) is 17.4 Å². The molecule has 1 atom stereocenters. The lowest BCUT2D eigenvalue weighted by Gasteiger charge is -2.36. The van der Waals surface area contributed by atoms with Crippen molar-refractivity contribution in [2.75, 3.05) is 41.7 Å². The van der Waals surface area contributed by atoms with Crippen LogP contribution in [-0.2, 0) is 4.79 Å². The van der Waals surface area contributed by atoms with Crippen LogP contribution < -0.4 is 15.5 Å². The zero-order chi connectivity index (χ0) is 23.1. The number of urea groups is 1. The molecule has 0 aliphatic carbocycles. The van der Waals surface area contributed by atoms with Gasteiger partial charge in [-0.1, -0.05) is 45.9 Å². The third kappa shape index (κ3) is 7.29. The molecule has 0 spiro atoms. The van der Waals surface area contributed by atoms with Gasteiger partial charge in [0.1, 0.15) is 0 Å². The molecule has 1 aliphatic rings. The molecule has 0 bridgehead atoms. The lowest BCUT2D eigenvalue weighted by atomic mass is 9.84. The number of nitrogens with zero attached hydrogens (tertiary/aromatic N) is 2. The van der Waals surface area contributed by atoms with Gasteiger partial charge in [-0.2, -0.15) is 0 Å². The molecule has 3 amide bonds. The van der Waals surface area contributed by atoms with Gasteiger partial charge in [0.2, 0.25) is 5.91 Å². The summed E-state index contributed by atoms with van der Waals surface area (Å²) in [6.07, 6.45) is 1.56. The van der Waals surface area contributed by atoms with Crippen molar-refractivity contribution in [1.29, 1.82) is 0 Å². The summed E-state index contributed by atoms with van der Waals surface area (Å²) in [6, 6.07) is 17.4. The molecule has 1 fully saturated rings. The van der Waals surface area contributed by atoms with Crippen molar-refractivity contribution < 1.29 is 9.59 Å². The second-order valence-corrected chi connectivity index (χ2v) is 9.94. The molecule has 0 aromatic heterocycles. The average Bonchev–Trinajstić information content (AvgIpc) is 2.73. The summed E-state index contributed by atoms with van der Waals surface area (Å²) in [5.41, 5.74) is 2.97. The number of anilines is 3. The van der Waals surface area contributed by atoms with Crippen LogP contribution in [0.1, 0.15) is 40.5 Å². The van der Waals surface area contributed by atoms with E-state index in [0.717, 1.165) is 36.6 Å². The van der Waals surface area contributed by atoms with Gasteiger partial charge in [-0.15, -0.1) is 0 Å². The van der Waals surface area contributed by atoms with Crippen LogP contribution in [0.4, 0.5) is 21.9 Å². The first kappa shape index (κ1) is 23.6. The third-order valence-electron chi connectivity index (χ3n) is 5.60.